The van der Waals surface area contributed by atoms with Crippen molar-refractivity contribution in [2.75, 3.05) is 0 Å². The number of ether oxygens (including phenoxy) is 1. The number of nitrogens with one attached hydrogen (secondary N) is 1. The van der Waals surface area contributed by atoms with Gasteiger partial charge in [-0.25, -0.2) is 4.99 Å². The Bertz CT molecular complexity index is 492. The van der Waals surface area contributed by atoms with Gasteiger partial charge < -0.3 is 15.8 Å². The van der Waals surface area contributed by atoms with Crippen molar-refractivity contribution in [1.29, 1.82) is 0 Å². The van der Waals surface area contributed by atoms with Crippen molar-refractivity contribution >= 4 is 29.9 Å². The first-order chi connectivity index (χ1) is 10.6. The summed E-state index contributed by atoms with van der Waals surface area (Å²) in [5.74, 6) is 0.502. The molecule has 0 heterocycles. The van der Waals surface area contributed by atoms with Gasteiger partial charge in [0.05, 0.1) is 6.54 Å². The molecule has 0 unspecified atom stereocenters. The van der Waals surface area contributed by atoms with Gasteiger partial charge in [0.25, 0.3) is 0 Å². The summed E-state index contributed by atoms with van der Waals surface area (Å²) in [7, 11) is 0. The van der Waals surface area contributed by atoms with Gasteiger partial charge in [0.15, 0.2) is 5.96 Å². The molecule has 23 heavy (non-hydrogen) atoms. The van der Waals surface area contributed by atoms with Crippen molar-refractivity contribution in [2.45, 2.75) is 57.7 Å². The third-order valence-electron chi connectivity index (χ3n) is 3.82. The standard InChI is InChI=1S/C16H23F2N3O.HI/c17-15(18)22-14-10-6-5-7-12(14)11-20-16(19)21-13-8-3-1-2-4-9-13;/h5-7,10,13,15H,1-4,8-9,11H2,(H3,19,20,21);1H. The Morgan fingerprint density at radius 2 is 1.87 bits per heavy atom. The number of para-hydroxylation sites is 1. The van der Waals surface area contributed by atoms with Gasteiger partial charge in [0, 0.05) is 11.6 Å². The van der Waals surface area contributed by atoms with Gasteiger partial charge in [0.1, 0.15) is 5.75 Å². The molecule has 0 atom stereocenters. The highest BCUT2D eigenvalue weighted by Crippen LogP contribution is 2.21. The summed E-state index contributed by atoms with van der Waals surface area (Å²) in [6, 6.07) is 6.99. The van der Waals surface area contributed by atoms with E-state index in [-0.39, 0.29) is 36.3 Å². The molecule has 1 aromatic carbocycles. The minimum absolute atomic E-state index is 0. The predicted molar refractivity (Wildman–Crippen MR) is 98.4 cm³/mol. The Hall–Kier alpha value is -1.12. The van der Waals surface area contributed by atoms with Crippen LogP contribution in [-0.2, 0) is 6.54 Å². The van der Waals surface area contributed by atoms with Crippen molar-refractivity contribution in [3.8, 4) is 5.75 Å². The van der Waals surface area contributed by atoms with Crippen LogP contribution in [0.25, 0.3) is 0 Å². The first-order valence-electron chi connectivity index (χ1n) is 7.74. The number of hydrogen-bond donors (Lipinski definition) is 2. The molecular formula is C16H24F2IN3O. The van der Waals surface area contributed by atoms with Gasteiger partial charge in [-0.2, -0.15) is 8.78 Å². The number of alkyl halides is 2. The Morgan fingerprint density at radius 3 is 2.52 bits per heavy atom. The minimum Gasteiger partial charge on any atom is -0.434 e. The SMILES string of the molecule is I.NC(=NCc1ccccc1OC(F)F)NC1CCCCCC1. The van der Waals surface area contributed by atoms with E-state index in [1.54, 1.807) is 18.2 Å². The molecule has 0 aliphatic heterocycles. The van der Waals surface area contributed by atoms with Gasteiger partial charge in [0.2, 0.25) is 0 Å². The second-order valence-corrected chi connectivity index (χ2v) is 5.52. The predicted octanol–water partition coefficient (Wildman–Crippen LogP) is 4.03. The molecule has 4 nitrogen and oxygen atoms in total. The highest BCUT2D eigenvalue weighted by Gasteiger charge is 2.13. The molecule has 1 aliphatic carbocycles. The van der Waals surface area contributed by atoms with Crippen LogP contribution in [0.5, 0.6) is 5.75 Å². The lowest BCUT2D eigenvalue weighted by atomic mass is 10.1. The van der Waals surface area contributed by atoms with Crippen LogP contribution >= 0.6 is 24.0 Å². The van der Waals surface area contributed by atoms with Crippen LogP contribution in [0.1, 0.15) is 44.1 Å². The van der Waals surface area contributed by atoms with Crippen LogP contribution in [-0.4, -0.2) is 18.6 Å². The van der Waals surface area contributed by atoms with Crippen LogP contribution in [0.2, 0.25) is 0 Å². The molecule has 2 rings (SSSR count). The van der Waals surface area contributed by atoms with Crippen LogP contribution < -0.4 is 15.8 Å². The molecule has 1 fully saturated rings. The van der Waals surface area contributed by atoms with E-state index >= 15 is 0 Å². The molecule has 3 N–H and O–H groups in total. The molecule has 130 valence electrons. The number of benzene rings is 1. The maximum atomic E-state index is 12.4. The molecule has 0 radical (unpaired) electrons. The Balaban J connectivity index is 0.00000264. The van der Waals surface area contributed by atoms with Crippen molar-refractivity contribution in [3.63, 3.8) is 0 Å². The van der Waals surface area contributed by atoms with Gasteiger partial charge in [-0.3, -0.25) is 0 Å². The lowest BCUT2D eigenvalue weighted by Crippen LogP contribution is -2.39. The van der Waals surface area contributed by atoms with Gasteiger partial charge in [-0.15, -0.1) is 24.0 Å². The lowest BCUT2D eigenvalue weighted by molar-refractivity contribution is -0.0504. The zero-order valence-electron chi connectivity index (χ0n) is 13.0. The minimum atomic E-state index is -2.84. The lowest BCUT2D eigenvalue weighted by Gasteiger charge is -2.16. The normalized spacial score (nSPS) is 16.6. The van der Waals surface area contributed by atoms with Crippen LogP contribution in [0.3, 0.4) is 0 Å². The summed E-state index contributed by atoms with van der Waals surface area (Å²) in [6.45, 7) is -2.62. The monoisotopic (exact) mass is 439 g/mol. The van der Waals surface area contributed by atoms with Crippen molar-refractivity contribution in [2.24, 2.45) is 10.7 Å². The molecule has 0 amide bonds. The number of rotatable bonds is 5. The second-order valence-electron chi connectivity index (χ2n) is 5.52. The van der Waals surface area contributed by atoms with E-state index in [9.17, 15) is 8.78 Å². The summed E-state index contributed by atoms with van der Waals surface area (Å²) in [6.07, 6.45) is 7.15. The average Bonchev–Trinajstić information content (AvgIpc) is 2.74. The van der Waals surface area contributed by atoms with E-state index in [0.717, 1.165) is 12.8 Å². The fourth-order valence-electron chi connectivity index (χ4n) is 2.69. The summed E-state index contributed by atoms with van der Waals surface area (Å²) in [5, 5.41) is 3.23. The number of nitrogens with zero attached hydrogens (tertiary/aromatic N) is 1. The van der Waals surface area contributed by atoms with E-state index in [2.05, 4.69) is 15.0 Å². The summed E-state index contributed by atoms with van der Waals surface area (Å²) in [5.41, 5.74) is 6.50. The molecule has 1 saturated carbocycles. The number of nitrogens with two attached hydrogens (primary N) is 1. The molecule has 0 bridgehead atoms. The molecule has 1 aromatic rings. The number of halogens is 3. The van der Waals surface area contributed by atoms with E-state index in [1.807, 2.05) is 0 Å². The smallest absolute Gasteiger partial charge is 0.387 e. The third kappa shape index (κ3) is 7.32. The number of aliphatic imine (C=N–C) groups is 1. The molecule has 7 heteroatoms. The topological polar surface area (TPSA) is 59.6 Å². The van der Waals surface area contributed by atoms with E-state index < -0.39 is 6.61 Å². The summed E-state index contributed by atoms with van der Waals surface area (Å²) < 4.78 is 29.2. The Labute approximate surface area is 152 Å². The molecule has 0 spiro atoms. The maximum Gasteiger partial charge on any atom is 0.387 e. The second kappa shape index (κ2) is 10.6. The van der Waals surface area contributed by atoms with Crippen LogP contribution in [0.4, 0.5) is 8.78 Å². The highest BCUT2D eigenvalue weighted by atomic mass is 127. The quantitative estimate of drug-likeness (QED) is 0.315. The molecule has 0 saturated heterocycles. The largest absolute Gasteiger partial charge is 0.434 e. The molecule has 0 aromatic heterocycles. The zero-order valence-corrected chi connectivity index (χ0v) is 15.3. The fourth-order valence-corrected chi connectivity index (χ4v) is 2.69. The fraction of sp³-hybridized carbons (Fsp3) is 0.562. The first kappa shape index (κ1) is 19.9. The number of guanidine groups is 1. The van der Waals surface area contributed by atoms with Gasteiger partial charge in [-0.1, -0.05) is 43.9 Å². The van der Waals surface area contributed by atoms with Crippen LogP contribution in [0, 0.1) is 0 Å². The molecular weight excluding hydrogens is 415 g/mol. The van der Waals surface area contributed by atoms with Gasteiger partial charge >= 0.3 is 6.61 Å². The Kier molecular flexibility index (Phi) is 9.20. The van der Waals surface area contributed by atoms with Crippen molar-refractivity contribution in [1.82, 2.24) is 5.32 Å². The van der Waals surface area contributed by atoms with Crippen molar-refractivity contribution < 1.29 is 13.5 Å². The highest BCUT2D eigenvalue weighted by molar-refractivity contribution is 14.0. The third-order valence-corrected chi connectivity index (χ3v) is 3.82. The summed E-state index contributed by atoms with van der Waals surface area (Å²) in [4.78, 5) is 4.25. The zero-order chi connectivity index (χ0) is 15.8. The maximum absolute atomic E-state index is 12.4. The van der Waals surface area contributed by atoms with E-state index in [1.165, 1.54) is 31.7 Å². The number of hydrogen-bond acceptors (Lipinski definition) is 2. The van der Waals surface area contributed by atoms with Gasteiger partial charge in [-0.05, 0) is 18.9 Å². The summed E-state index contributed by atoms with van der Waals surface area (Å²) >= 11 is 0. The van der Waals surface area contributed by atoms with E-state index in [4.69, 9.17) is 5.73 Å². The Morgan fingerprint density at radius 1 is 1.22 bits per heavy atom. The van der Waals surface area contributed by atoms with E-state index in [0.29, 0.717) is 17.6 Å². The first-order valence-corrected chi connectivity index (χ1v) is 7.74. The average molecular weight is 439 g/mol. The molecule has 1 aliphatic rings. The van der Waals surface area contributed by atoms with Crippen LogP contribution in [0.15, 0.2) is 29.3 Å². The van der Waals surface area contributed by atoms with Crippen molar-refractivity contribution in [3.05, 3.63) is 29.8 Å².